The van der Waals surface area contributed by atoms with Crippen molar-refractivity contribution in [1.82, 2.24) is 5.32 Å². The van der Waals surface area contributed by atoms with Crippen LogP contribution in [0, 0.1) is 5.82 Å². The number of aryl methyl sites for hydroxylation is 1. The number of nitrogens with one attached hydrogen (secondary N) is 2. The highest BCUT2D eigenvalue weighted by Crippen LogP contribution is 2.09. The molecule has 0 atom stereocenters. The molecule has 0 bridgehead atoms. The summed E-state index contributed by atoms with van der Waals surface area (Å²) in [6.45, 7) is 2.83. The minimum atomic E-state index is -0.347. The summed E-state index contributed by atoms with van der Waals surface area (Å²) in [4.78, 5) is 16.0. The topological polar surface area (TPSA) is 79.5 Å². The number of nitrogens with two attached hydrogens (primary N) is 1. The van der Waals surface area contributed by atoms with Crippen LogP contribution < -0.4 is 16.4 Å². The smallest absolute Gasteiger partial charge is 0.224 e. The van der Waals surface area contributed by atoms with Crippen molar-refractivity contribution in [3.63, 3.8) is 0 Å². The molecule has 0 aliphatic heterocycles. The normalized spacial score (nSPS) is 10.8. The molecule has 0 spiro atoms. The Bertz CT molecular complexity index is 735. The molecule has 26 heavy (non-hydrogen) atoms. The average molecular weight is 470 g/mol. The van der Waals surface area contributed by atoms with E-state index in [2.05, 4.69) is 22.5 Å². The number of carbonyl (C=O) groups excluding carboxylic acids is 1. The van der Waals surface area contributed by atoms with Gasteiger partial charge in [0.1, 0.15) is 5.82 Å². The number of hydrogen-bond acceptors (Lipinski definition) is 2. The van der Waals surface area contributed by atoms with Crippen molar-refractivity contribution in [1.29, 1.82) is 0 Å². The predicted octanol–water partition coefficient (Wildman–Crippen LogP) is 3.09. The first kappa shape index (κ1) is 21.9. The van der Waals surface area contributed by atoms with Crippen LogP contribution in [0.2, 0.25) is 0 Å². The number of nitrogens with zero attached hydrogens (tertiary/aromatic N) is 1. The van der Waals surface area contributed by atoms with E-state index in [0.717, 1.165) is 12.1 Å². The zero-order valence-corrected chi connectivity index (χ0v) is 17.0. The van der Waals surface area contributed by atoms with E-state index in [1.54, 1.807) is 12.1 Å². The lowest BCUT2D eigenvalue weighted by Crippen LogP contribution is -2.29. The maximum Gasteiger partial charge on any atom is 0.224 e. The number of carbonyl (C=O) groups is 1. The first-order valence-corrected chi connectivity index (χ1v) is 8.24. The Kier molecular flexibility index (Phi) is 9.64. The number of benzene rings is 2. The zero-order chi connectivity index (χ0) is 18.1. The Labute approximate surface area is 170 Å². The molecule has 2 aromatic carbocycles. The van der Waals surface area contributed by atoms with Crippen molar-refractivity contribution in [2.24, 2.45) is 10.7 Å². The van der Waals surface area contributed by atoms with Crippen molar-refractivity contribution in [2.45, 2.75) is 19.8 Å². The van der Waals surface area contributed by atoms with Crippen molar-refractivity contribution in [2.75, 3.05) is 18.4 Å². The third-order valence-electron chi connectivity index (χ3n) is 3.60. The summed E-state index contributed by atoms with van der Waals surface area (Å²) in [5.74, 6) is -0.230. The van der Waals surface area contributed by atoms with Crippen LogP contribution in [0.1, 0.15) is 18.1 Å². The Morgan fingerprint density at radius 1 is 1.15 bits per heavy atom. The highest BCUT2D eigenvalue weighted by molar-refractivity contribution is 14.0. The van der Waals surface area contributed by atoms with Gasteiger partial charge in [0.2, 0.25) is 5.91 Å². The van der Waals surface area contributed by atoms with Gasteiger partial charge in [-0.2, -0.15) is 0 Å². The molecular weight excluding hydrogens is 446 g/mol. The number of hydrogen-bond donors (Lipinski definition) is 3. The maximum atomic E-state index is 13.1. The number of anilines is 1. The second-order valence-electron chi connectivity index (χ2n) is 5.60. The van der Waals surface area contributed by atoms with E-state index >= 15 is 0 Å². The van der Waals surface area contributed by atoms with E-state index in [9.17, 15) is 9.18 Å². The summed E-state index contributed by atoms with van der Waals surface area (Å²) >= 11 is 0. The van der Waals surface area contributed by atoms with E-state index in [1.165, 1.54) is 17.7 Å². The fraction of sp³-hybridized carbons (Fsp3) is 0.263. The molecule has 5 nitrogen and oxygen atoms in total. The molecule has 4 N–H and O–H groups in total. The average Bonchev–Trinajstić information content (AvgIpc) is 2.59. The molecule has 2 aromatic rings. The van der Waals surface area contributed by atoms with E-state index < -0.39 is 0 Å². The van der Waals surface area contributed by atoms with Crippen LogP contribution in [0.25, 0.3) is 0 Å². The van der Waals surface area contributed by atoms with Crippen molar-refractivity contribution >= 4 is 41.5 Å². The number of guanidine groups is 1. The van der Waals surface area contributed by atoms with E-state index in [1.807, 2.05) is 24.3 Å². The third-order valence-corrected chi connectivity index (χ3v) is 3.60. The highest BCUT2D eigenvalue weighted by Gasteiger charge is 2.03. The molecular formula is C19H24FIN4O. The Balaban J connectivity index is 0.00000338. The summed E-state index contributed by atoms with van der Waals surface area (Å²) in [6.07, 6.45) is 1.12. The standard InChI is InChI=1S/C19H23FN4O.HI/c1-2-14-6-8-17(9-7-14)24-19(21)23-11-10-22-18(25)13-15-4-3-5-16(20)12-15;/h3-9,12H,2,10-11,13H2,1H3,(H,22,25)(H3,21,23,24);1H. The summed E-state index contributed by atoms with van der Waals surface area (Å²) < 4.78 is 13.1. The van der Waals surface area contributed by atoms with Gasteiger partial charge >= 0.3 is 0 Å². The van der Waals surface area contributed by atoms with E-state index in [0.29, 0.717) is 24.6 Å². The Hall–Kier alpha value is -2.16. The van der Waals surface area contributed by atoms with Crippen LogP contribution in [0.3, 0.4) is 0 Å². The van der Waals surface area contributed by atoms with Gasteiger partial charge in [0, 0.05) is 12.2 Å². The van der Waals surface area contributed by atoms with Gasteiger partial charge in [0.15, 0.2) is 5.96 Å². The van der Waals surface area contributed by atoms with Gasteiger partial charge in [-0.1, -0.05) is 31.2 Å². The SMILES string of the molecule is CCc1ccc(NC(N)=NCCNC(=O)Cc2cccc(F)c2)cc1.I. The summed E-state index contributed by atoms with van der Waals surface area (Å²) in [7, 11) is 0. The first-order chi connectivity index (χ1) is 12.1. The van der Waals surface area contributed by atoms with E-state index in [4.69, 9.17) is 5.73 Å². The monoisotopic (exact) mass is 470 g/mol. The fourth-order valence-electron chi connectivity index (χ4n) is 2.28. The van der Waals surface area contributed by atoms with Gasteiger partial charge in [0.25, 0.3) is 0 Å². The fourth-order valence-corrected chi connectivity index (χ4v) is 2.28. The van der Waals surface area contributed by atoms with Gasteiger partial charge in [0.05, 0.1) is 13.0 Å². The molecule has 0 heterocycles. The number of amides is 1. The van der Waals surface area contributed by atoms with Gasteiger partial charge in [-0.25, -0.2) is 4.39 Å². The molecule has 0 aliphatic carbocycles. The lowest BCUT2D eigenvalue weighted by molar-refractivity contribution is -0.120. The molecule has 0 saturated heterocycles. The largest absolute Gasteiger partial charge is 0.370 e. The lowest BCUT2D eigenvalue weighted by Gasteiger charge is -2.07. The summed E-state index contributed by atoms with van der Waals surface area (Å²) in [6, 6.07) is 14.0. The molecule has 0 saturated carbocycles. The third kappa shape index (κ3) is 7.81. The molecule has 0 aromatic heterocycles. The van der Waals surface area contributed by atoms with E-state index in [-0.39, 0.29) is 42.1 Å². The number of halogens is 2. The molecule has 140 valence electrons. The quantitative estimate of drug-likeness (QED) is 0.252. The molecule has 2 rings (SSSR count). The van der Waals surface area contributed by atoms with Crippen LogP contribution >= 0.6 is 24.0 Å². The Morgan fingerprint density at radius 2 is 1.88 bits per heavy atom. The van der Waals surface area contributed by atoms with Gasteiger partial charge in [-0.3, -0.25) is 9.79 Å². The van der Waals surface area contributed by atoms with Crippen molar-refractivity contribution in [3.05, 3.63) is 65.5 Å². The maximum absolute atomic E-state index is 13.1. The molecule has 0 unspecified atom stereocenters. The van der Waals surface area contributed by atoms with Crippen molar-refractivity contribution in [3.8, 4) is 0 Å². The summed E-state index contributed by atoms with van der Waals surface area (Å²) in [5.41, 5.74) is 8.58. The molecule has 7 heteroatoms. The molecule has 0 radical (unpaired) electrons. The Morgan fingerprint density at radius 3 is 2.54 bits per heavy atom. The van der Waals surface area contributed by atoms with Crippen LogP contribution in [0.4, 0.5) is 10.1 Å². The van der Waals surface area contributed by atoms with Crippen LogP contribution in [-0.2, 0) is 17.6 Å². The number of aliphatic imine (C=N–C) groups is 1. The van der Waals surface area contributed by atoms with Gasteiger partial charge < -0.3 is 16.4 Å². The summed E-state index contributed by atoms with van der Waals surface area (Å²) in [5, 5.41) is 5.73. The van der Waals surface area contributed by atoms with Crippen LogP contribution in [-0.4, -0.2) is 25.0 Å². The highest BCUT2D eigenvalue weighted by atomic mass is 127. The molecule has 0 fully saturated rings. The van der Waals surface area contributed by atoms with Crippen molar-refractivity contribution < 1.29 is 9.18 Å². The van der Waals surface area contributed by atoms with Gasteiger partial charge in [-0.15, -0.1) is 24.0 Å². The molecule has 1 amide bonds. The first-order valence-electron chi connectivity index (χ1n) is 8.24. The number of rotatable bonds is 7. The predicted molar refractivity (Wildman–Crippen MR) is 114 cm³/mol. The van der Waals surface area contributed by atoms with Gasteiger partial charge in [-0.05, 0) is 41.8 Å². The van der Waals surface area contributed by atoms with Crippen LogP contribution in [0.15, 0.2) is 53.5 Å². The second kappa shape index (κ2) is 11.5. The lowest BCUT2D eigenvalue weighted by atomic mass is 10.1. The van der Waals surface area contributed by atoms with Crippen LogP contribution in [0.5, 0.6) is 0 Å². The second-order valence-corrected chi connectivity index (χ2v) is 5.60. The minimum Gasteiger partial charge on any atom is -0.370 e. The minimum absolute atomic E-state index is 0. The zero-order valence-electron chi connectivity index (χ0n) is 14.7. The molecule has 0 aliphatic rings.